The summed E-state index contributed by atoms with van der Waals surface area (Å²) in [6.45, 7) is 7.63. The molecule has 0 bridgehead atoms. The molecule has 0 fully saturated rings. The van der Waals surface area contributed by atoms with Crippen molar-refractivity contribution < 1.29 is 4.42 Å². The van der Waals surface area contributed by atoms with Crippen LogP contribution in [0.15, 0.2) is 39.9 Å². The Morgan fingerprint density at radius 2 is 2.07 bits per heavy atom. The predicted octanol–water partition coefficient (Wildman–Crippen LogP) is 3.04. The maximum absolute atomic E-state index is 5.64. The number of aliphatic imine (C=N–C) groups is 1. The van der Waals surface area contributed by atoms with Gasteiger partial charge in [-0.3, -0.25) is 4.99 Å². The first-order chi connectivity index (χ1) is 14.5. The van der Waals surface area contributed by atoms with E-state index >= 15 is 0 Å². The third-order valence-corrected chi connectivity index (χ3v) is 5.24. The molecule has 0 aliphatic carbocycles. The number of hydrogen-bond donors (Lipinski definition) is 2. The second-order valence-corrected chi connectivity index (χ2v) is 8.04. The highest BCUT2D eigenvalue weighted by Gasteiger charge is 2.23. The molecule has 0 saturated carbocycles. The lowest BCUT2D eigenvalue weighted by Crippen LogP contribution is -2.46. The van der Waals surface area contributed by atoms with Gasteiger partial charge in [0.1, 0.15) is 12.1 Å². The topological polar surface area (TPSA) is 93.2 Å². The Kier molecular flexibility index (Phi) is 5.83. The minimum Gasteiger partial charge on any atom is -0.444 e. The highest BCUT2D eigenvalue weighted by atomic mass is 16.3. The lowest BCUT2D eigenvalue weighted by Gasteiger charge is -2.25. The predicted molar refractivity (Wildman–Crippen MR) is 116 cm³/mol. The summed E-state index contributed by atoms with van der Waals surface area (Å²) in [7, 11) is 1.77. The van der Waals surface area contributed by atoms with Crippen molar-refractivity contribution in [2.75, 3.05) is 7.05 Å². The van der Waals surface area contributed by atoms with Gasteiger partial charge in [-0.15, -0.1) is 0 Å². The van der Waals surface area contributed by atoms with Crippen molar-refractivity contribution in [3.63, 3.8) is 0 Å². The Bertz CT molecular complexity index is 1020. The number of guanidine groups is 1. The summed E-state index contributed by atoms with van der Waals surface area (Å²) in [6.07, 6.45) is 3.60. The zero-order chi connectivity index (χ0) is 21.1. The number of aromatic nitrogens is 4. The van der Waals surface area contributed by atoms with Crippen LogP contribution in [0.3, 0.4) is 0 Å². The molecule has 4 rings (SSSR count). The van der Waals surface area contributed by atoms with Gasteiger partial charge in [0.2, 0.25) is 5.89 Å². The molecule has 1 aliphatic rings. The zero-order valence-corrected chi connectivity index (χ0v) is 18.0. The molecule has 1 aromatic carbocycles. The number of fused-ring (bicyclic) bond motifs is 1. The van der Waals surface area contributed by atoms with Gasteiger partial charge in [0.15, 0.2) is 11.8 Å². The molecular formula is C22H29N7O. The van der Waals surface area contributed by atoms with E-state index in [0.717, 1.165) is 48.3 Å². The van der Waals surface area contributed by atoms with Crippen molar-refractivity contribution in [1.29, 1.82) is 0 Å². The fourth-order valence-corrected chi connectivity index (χ4v) is 3.47. The van der Waals surface area contributed by atoms with E-state index in [1.165, 1.54) is 5.56 Å². The lowest BCUT2D eigenvalue weighted by atomic mass is 10.1. The molecule has 0 radical (unpaired) electrons. The van der Waals surface area contributed by atoms with E-state index in [2.05, 4.69) is 63.6 Å². The maximum atomic E-state index is 5.64. The molecule has 3 heterocycles. The normalized spacial score (nSPS) is 16.6. The molecule has 0 saturated heterocycles. The minimum atomic E-state index is 0.255. The Morgan fingerprint density at radius 1 is 1.27 bits per heavy atom. The highest BCUT2D eigenvalue weighted by molar-refractivity contribution is 5.79. The number of nitrogens with one attached hydrogen (secondary N) is 2. The fourth-order valence-electron chi connectivity index (χ4n) is 3.47. The summed E-state index contributed by atoms with van der Waals surface area (Å²) in [5.74, 6) is 3.71. The van der Waals surface area contributed by atoms with Gasteiger partial charge >= 0.3 is 0 Å². The summed E-state index contributed by atoms with van der Waals surface area (Å²) in [6, 6.07) is 8.40. The van der Waals surface area contributed by atoms with Crippen molar-refractivity contribution in [3.8, 4) is 11.5 Å². The molecule has 1 atom stereocenters. The number of aryl methyl sites for hydroxylation is 2. The highest BCUT2D eigenvalue weighted by Crippen LogP contribution is 2.19. The molecular weight excluding hydrogens is 378 g/mol. The van der Waals surface area contributed by atoms with E-state index in [0.29, 0.717) is 18.4 Å². The average molecular weight is 408 g/mol. The van der Waals surface area contributed by atoms with E-state index in [9.17, 15) is 0 Å². The van der Waals surface area contributed by atoms with Gasteiger partial charge in [-0.05, 0) is 25.5 Å². The summed E-state index contributed by atoms with van der Waals surface area (Å²) in [5, 5.41) is 11.5. The van der Waals surface area contributed by atoms with Crippen molar-refractivity contribution in [2.24, 2.45) is 4.99 Å². The Hall–Kier alpha value is -3.16. The van der Waals surface area contributed by atoms with Crippen LogP contribution in [0.25, 0.3) is 11.5 Å². The van der Waals surface area contributed by atoms with Crippen LogP contribution in [0.1, 0.15) is 49.1 Å². The second kappa shape index (κ2) is 8.69. The summed E-state index contributed by atoms with van der Waals surface area (Å²) < 4.78 is 7.66. The second-order valence-electron chi connectivity index (χ2n) is 8.04. The first-order valence-corrected chi connectivity index (χ1v) is 10.4. The van der Waals surface area contributed by atoms with Crippen molar-refractivity contribution in [3.05, 3.63) is 53.4 Å². The standard InChI is InChI=1S/C22H29N7O/c1-14(2)20-27-19-10-9-17(12-29(19)28-20)26-22(23-4)24-11-18-13-30-21(25-18)16-7-5-15(3)6-8-16/h5-8,13-14,17H,9-12H2,1-4H3,(H2,23,24,26). The molecule has 0 spiro atoms. The van der Waals surface area contributed by atoms with Gasteiger partial charge in [-0.1, -0.05) is 31.5 Å². The van der Waals surface area contributed by atoms with Crippen LogP contribution >= 0.6 is 0 Å². The SMILES string of the molecule is CN=C(NCc1coc(-c2ccc(C)cc2)n1)NC1CCc2nc(C(C)C)nn2C1. The van der Waals surface area contributed by atoms with Gasteiger partial charge in [-0.25, -0.2) is 14.6 Å². The molecule has 3 aromatic rings. The van der Waals surface area contributed by atoms with Crippen molar-refractivity contribution in [2.45, 2.75) is 58.7 Å². The number of nitrogens with zero attached hydrogens (tertiary/aromatic N) is 5. The van der Waals surface area contributed by atoms with E-state index in [-0.39, 0.29) is 6.04 Å². The van der Waals surface area contributed by atoms with E-state index in [1.807, 2.05) is 16.8 Å². The van der Waals surface area contributed by atoms with E-state index in [1.54, 1.807) is 13.3 Å². The molecule has 8 heteroatoms. The van der Waals surface area contributed by atoms with Crippen LogP contribution in [0.4, 0.5) is 0 Å². The molecule has 8 nitrogen and oxygen atoms in total. The molecule has 2 N–H and O–H groups in total. The number of oxazole rings is 1. The zero-order valence-electron chi connectivity index (χ0n) is 18.0. The van der Waals surface area contributed by atoms with Crippen LogP contribution in [0, 0.1) is 6.92 Å². The van der Waals surface area contributed by atoms with Gasteiger partial charge in [0.05, 0.1) is 18.8 Å². The maximum Gasteiger partial charge on any atom is 0.226 e. The van der Waals surface area contributed by atoms with Gasteiger partial charge < -0.3 is 15.1 Å². The van der Waals surface area contributed by atoms with Crippen molar-refractivity contribution >= 4 is 5.96 Å². The molecule has 158 valence electrons. The average Bonchev–Trinajstić information content (AvgIpc) is 3.38. The summed E-state index contributed by atoms with van der Waals surface area (Å²) >= 11 is 0. The molecule has 1 unspecified atom stereocenters. The summed E-state index contributed by atoms with van der Waals surface area (Å²) in [5.41, 5.74) is 3.02. The van der Waals surface area contributed by atoms with Crippen molar-refractivity contribution in [1.82, 2.24) is 30.4 Å². The largest absolute Gasteiger partial charge is 0.444 e. The monoisotopic (exact) mass is 407 g/mol. The van der Waals surface area contributed by atoms with Gasteiger partial charge in [0.25, 0.3) is 0 Å². The van der Waals surface area contributed by atoms with E-state index < -0.39 is 0 Å². The third kappa shape index (κ3) is 4.53. The Labute approximate surface area is 176 Å². The van der Waals surface area contributed by atoms with Crippen LogP contribution in [-0.2, 0) is 19.5 Å². The quantitative estimate of drug-likeness (QED) is 0.499. The van der Waals surface area contributed by atoms with Crippen LogP contribution < -0.4 is 10.6 Å². The molecule has 0 amide bonds. The number of rotatable bonds is 5. The first kappa shape index (κ1) is 20.1. The Morgan fingerprint density at radius 3 is 2.80 bits per heavy atom. The number of benzene rings is 1. The molecule has 30 heavy (non-hydrogen) atoms. The van der Waals surface area contributed by atoms with Crippen LogP contribution in [0.2, 0.25) is 0 Å². The van der Waals surface area contributed by atoms with Gasteiger partial charge in [-0.2, -0.15) is 5.10 Å². The first-order valence-electron chi connectivity index (χ1n) is 10.4. The van der Waals surface area contributed by atoms with Crippen LogP contribution in [-0.4, -0.2) is 38.8 Å². The van der Waals surface area contributed by atoms with Gasteiger partial charge in [0, 0.05) is 31.0 Å². The fraction of sp³-hybridized carbons (Fsp3) is 0.455. The molecule has 1 aliphatic heterocycles. The van der Waals surface area contributed by atoms with Crippen LogP contribution in [0.5, 0.6) is 0 Å². The Balaban J connectivity index is 1.33. The molecule has 2 aromatic heterocycles. The lowest BCUT2D eigenvalue weighted by molar-refractivity contribution is 0.391. The smallest absolute Gasteiger partial charge is 0.226 e. The van der Waals surface area contributed by atoms with E-state index in [4.69, 9.17) is 4.42 Å². The number of hydrogen-bond acceptors (Lipinski definition) is 5. The minimum absolute atomic E-state index is 0.255. The summed E-state index contributed by atoms with van der Waals surface area (Å²) in [4.78, 5) is 13.6. The third-order valence-electron chi connectivity index (χ3n) is 5.24.